The van der Waals surface area contributed by atoms with Gasteiger partial charge < -0.3 is 5.73 Å². The van der Waals surface area contributed by atoms with Crippen LogP contribution >= 0.6 is 28.7 Å². The minimum atomic E-state index is -0.228. The van der Waals surface area contributed by atoms with E-state index in [1.165, 1.54) is 23.9 Å². The van der Waals surface area contributed by atoms with Crippen LogP contribution < -0.4 is 5.73 Å². The Labute approximate surface area is 126 Å². The number of hydrogen-bond donors (Lipinski definition) is 2. The largest absolute Gasteiger partial charge is 0.379 e. The van der Waals surface area contributed by atoms with Gasteiger partial charge in [0, 0.05) is 5.75 Å². The zero-order valence-electron chi connectivity index (χ0n) is 10.1. The minimum absolute atomic E-state index is 0. The molecule has 0 fully saturated rings. The van der Waals surface area contributed by atoms with Gasteiger partial charge in [-0.25, -0.2) is 4.39 Å². The van der Waals surface area contributed by atoms with Crippen LogP contribution in [0.5, 0.6) is 0 Å². The highest BCUT2D eigenvalue weighted by Gasteiger charge is 1.99. The molecule has 0 aliphatic heterocycles. The average Bonchev–Trinajstić information content (AvgIpc) is 2.38. The predicted molar refractivity (Wildman–Crippen MR) is 85.4 cm³/mol. The predicted octanol–water partition coefficient (Wildman–Crippen LogP) is 4.20. The Hall–Kier alpha value is -1.33. The van der Waals surface area contributed by atoms with Crippen LogP contribution in [0, 0.1) is 11.2 Å². The molecule has 0 aromatic heterocycles. The smallest absolute Gasteiger partial charge is 0.151 e. The lowest BCUT2D eigenvalue weighted by Crippen LogP contribution is -2.03. The van der Waals surface area contributed by atoms with Crippen molar-refractivity contribution < 1.29 is 4.39 Å². The van der Waals surface area contributed by atoms with Gasteiger partial charge in [-0.05, 0) is 28.8 Å². The molecule has 19 heavy (non-hydrogen) atoms. The molecule has 0 unspecified atom stereocenters. The maximum Gasteiger partial charge on any atom is 0.151 e. The maximum absolute atomic E-state index is 12.8. The van der Waals surface area contributed by atoms with E-state index in [9.17, 15) is 4.39 Å². The SMILES string of the molecule is Br.N=C(N)SCc1ccc(-c2ccc(F)cc2)cc1. The van der Waals surface area contributed by atoms with Gasteiger partial charge >= 0.3 is 0 Å². The number of thioether (sulfide) groups is 1. The van der Waals surface area contributed by atoms with Gasteiger partial charge in [-0.1, -0.05) is 48.2 Å². The topological polar surface area (TPSA) is 49.9 Å². The fourth-order valence-electron chi connectivity index (χ4n) is 1.60. The summed E-state index contributed by atoms with van der Waals surface area (Å²) in [5.41, 5.74) is 8.43. The molecule has 0 spiro atoms. The molecule has 0 saturated heterocycles. The molecule has 0 aliphatic rings. The molecule has 0 atom stereocenters. The van der Waals surface area contributed by atoms with Crippen molar-refractivity contribution in [3.05, 3.63) is 59.9 Å². The van der Waals surface area contributed by atoms with Crippen molar-refractivity contribution in [1.82, 2.24) is 0 Å². The van der Waals surface area contributed by atoms with E-state index < -0.39 is 0 Å². The minimum Gasteiger partial charge on any atom is -0.379 e. The lowest BCUT2D eigenvalue weighted by atomic mass is 10.0. The van der Waals surface area contributed by atoms with Crippen molar-refractivity contribution in [1.29, 1.82) is 5.41 Å². The van der Waals surface area contributed by atoms with Crippen LogP contribution in [0.3, 0.4) is 0 Å². The highest BCUT2D eigenvalue weighted by atomic mass is 79.9. The molecule has 100 valence electrons. The van der Waals surface area contributed by atoms with Gasteiger partial charge in [-0.15, -0.1) is 17.0 Å². The zero-order valence-corrected chi connectivity index (χ0v) is 12.6. The maximum atomic E-state index is 12.8. The Bertz CT molecular complexity index is 540. The van der Waals surface area contributed by atoms with Crippen LogP contribution in [0.1, 0.15) is 5.56 Å². The van der Waals surface area contributed by atoms with Crippen LogP contribution in [0.15, 0.2) is 48.5 Å². The monoisotopic (exact) mass is 340 g/mol. The van der Waals surface area contributed by atoms with E-state index in [0.29, 0.717) is 5.75 Å². The second kappa shape index (κ2) is 7.31. The molecule has 0 saturated carbocycles. The molecule has 0 aliphatic carbocycles. The molecule has 0 heterocycles. The first kappa shape index (κ1) is 15.7. The van der Waals surface area contributed by atoms with Crippen LogP contribution in [0.25, 0.3) is 11.1 Å². The molecule has 0 radical (unpaired) electrons. The third kappa shape index (κ3) is 4.69. The molecule has 2 aromatic carbocycles. The number of nitrogens with two attached hydrogens (primary N) is 1. The lowest BCUT2D eigenvalue weighted by Gasteiger charge is -2.04. The van der Waals surface area contributed by atoms with E-state index in [4.69, 9.17) is 11.1 Å². The third-order valence-electron chi connectivity index (χ3n) is 2.53. The summed E-state index contributed by atoms with van der Waals surface area (Å²) in [6, 6.07) is 14.4. The molecule has 3 N–H and O–H groups in total. The van der Waals surface area contributed by atoms with Gasteiger partial charge in [0.25, 0.3) is 0 Å². The van der Waals surface area contributed by atoms with Crippen molar-refractivity contribution in [2.45, 2.75) is 5.75 Å². The lowest BCUT2D eigenvalue weighted by molar-refractivity contribution is 0.628. The highest BCUT2D eigenvalue weighted by Crippen LogP contribution is 2.21. The van der Waals surface area contributed by atoms with E-state index >= 15 is 0 Å². The van der Waals surface area contributed by atoms with Gasteiger partial charge in [0.1, 0.15) is 5.82 Å². The number of amidine groups is 1. The molecule has 0 bridgehead atoms. The van der Waals surface area contributed by atoms with Gasteiger partial charge in [0.05, 0.1) is 0 Å². The van der Waals surface area contributed by atoms with E-state index in [-0.39, 0.29) is 28.0 Å². The first-order valence-electron chi connectivity index (χ1n) is 5.47. The summed E-state index contributed by atoms with van der Waals surface area (Å²) in [4.78, 5) is 0. The van der Waals surface area contributed by atoms with Gasteiger partial charge in [0.15, 0.2) is 5.17 Å². The number of halogens is 2. The molecular formula is C14H14BrFN2S. The van der Waals surface area contributed by atoms with E-state index in [0.717, 1.165) is 16.7 Å². The van der Waals surface area contributed by atoms with Crippen molar-refractivity contribution >= 4 is 33.9 Å². The fraction of sp³-hybridized carbons (Fsp3) is 0.0714. The Morgan fingerprint density at radius 2 is 1.47 bits per heavy atom. The molecule has 2 aromatic rings. The molecule has 5 heteroatoms. The number of hydrogen-bond acceptors (Lipinski definition) is 2. The van der Waals surface area contributed by atoms with E-state index in [2.05, 4.69) is 0 Å². The Morgan fingerprint density at radius 1 is 1.00 bits per heavy atom. The van der Waals surface area contributed by atoms with Gasteiger partial charge in [-0.2, -0.15) is 0 Å². The zero-order chi connectivity index (χ0) is 13.0. The normalized spacial score (nSPS) is 9.74. The Morgan fingerprint density at radius 3 is 1.95 bits per heavy atom. The summed E-state index contributed by atoms with van der Waals surface area (Å²) >= 11 is 1.30. The molecule has 2 nitrogen and oxygen atoms in total. The summed E-state index contributed by atoms with van der Waals surface area (Å²) in [6.45, 7) is 0. The van der Waals surface area contributed by atoms with Crippen LogP contribution in [0.4, 0.5) is 4.39 Å². The number of nitrogens with one attached hydrogen (secondary N) is 1. The summed E-state index contributed by atoms with van der Waals surface area (Å²) in [5, 5.41) is 7.27. The average molecular weight is 341 g/mol. The second-order valence-electron chi connectivity index (χ2n) is 3.86. The van der Waals surface area contributed by atoms with Gasteiger partial charge in [-0.3, -0.25) is 5.41 Å². The van der Waals surface area contributed by atoms with Crippen molar-refractivity contribution in [3.8, 4) is 11.1 Å². The molecule has 0 amide bonds. The standard InChI is InChI=1S/C14H13FN2S.BrH/c15-13-7-5-12(6-8-13)11-3-1-10(2-4-11)9-18-14(16)17;/h1-8H,9H2,(H3,16,17);1H. The van der Waals surface area contributed by atoms with Crippen LogP contribution in [-0.2, 0) is 5.75 Å². The number of benzene rings is 2. The molecular weight excluding hydrogens is 327 g/mol. The van der Waals surface area contributed by atoms with Crippen molar-refractivity contribution in [2.75, 3.05) is 0 Å². The number of rotatable bonds is 3. The van der Waals surface area contributed by atoms with Crippen LogP contribution in [0.2, 0.25) is 0 Å². The quantitative estimate of drug-likeness (QED) is 0.649. The third-order valence-corrected chi connectivity index (χ3v) is 3.31. The summed E-state index contributed by atoms with van der Waals surface area (Å²) in [6.07, 6.45) is 0. The van der Waals surface area contributed by atoms with Crippen LogP contribution in [-0.4, -0.2) is 5.17 Å². The van der Waals surface area contributed by atoms with E-state index in [1.54, 1.807) is 12.1 Å². The fourth-order valence-corrected chi connectivity index (χ4v) is 2.11. The summed E-state index contributed by atoms with van der Waals surface area (Å²) < 4.78 is 12.8. The molecule has 2 rings (SSSR count). The highest BCUT2D eigenvalue weighted by molar-refractivity contribution is 8.93. The van der Waals surface area contributed by atoms with E-state index in [1.807, 2.05) is 24.3 Å². The summed E-state index contributed by atoms with van der Waals surface area (Å²) in [5.74, 6) is 0.465. The first-order valence-corrected chi connectivity index (χ1v) is 6.45. The van der Waals surface area contributed by atoms with Crippen molar-refractivity contribution in [2.24, 2.45) is 5.73 Å². The Kier molecular flexibility index (Phi) is 6.05. The van der Waals surface area contributed by atoms with Gasteiger partial charge in [0.2, 0.25) is 0 Å². The second-order valence-corrected chi connectivity index (χ2v) is 4.87. The first-order chi connectivity index (χ1) is 8.65. The Balaban J connectivity index is 0.00000180. The van der Waals surface area contributed by atoms with Crippen molar-refractivity contribution in [3.63, 3.8) is 0 Å². The summed E-state index contributed by atoms with van der Waals surface area (Å²) in [7, 11) is 0.